The molecule has 0 radical (unpaired) electrons. The van der Waals surface area contributed by atoms with Crippen LogP contribution in [0.1, 0.15) is 27.2 Å². The van der Waals surface area contributed by atoms with Crippen LogP contribution < -0.4 is 0 Å². The van der Waals surface area contributed by atoms with Gasteiger partial charge in [-0.15, -0.1) is 0 Å². The molecule has 2 aromatic carbocycles. The smallest absolute Gasteiger partial charge is 0.254 e. The molecule has 1 aromatic heterocycles. The number of fused-ring (bicyclic) bond motifs is 3. The first kappa shape index (κ1) is 18.7. The normalized spacial score (nSPS) is 17.5. The molecule has 6 heteroatoms. The number of halogens is 1. The van der Waals surface area contributed by atoms with E-state index in [4.69, 9.17) is 16.3 Å². The van der Waals surface area contributed by atoms with Crippen molar-refractivity contribution in [1.82, 2.24) is 14.8 Å². The average molecular weight is 410 g/mol. The van der Waals surface area contributed by atoms with E-state index >= 15 is 0 Å². The number of rotatable bonds is 3. The van der Waals surface area contributed by atoms with Gasteiger partial charge in [0.05, 0.1) is 13.2 Å². The molecule has 2 aliphatic rings. The summed E-state index contributed by atoms with van der Waals surface area (Å²) < 4.78 is 5.43. The summed E-state index contributed by atoms with van der Waals surface area (Å²) in [5.41, 5.74) is 5.42. The number of benzene rings is 2. The lowest BCUT2D eigenvalue weighted by molar-refractivity contribution is 0.0341. The number of hydrogen-bond acceptors (Lipinski definition) is 3. The second-order valence-corrected chi connectivity index (χ2v) is 8.27. The number of nitrogens with one attached hydrogen (secondary N) is 1. The van der Waals surface area contributed by atoms with Crippen LogP contribution in [0.2, 0.25) is 5.02 Å². The summed E-state index contributed by atoms with van der Waals surface area (Å²) >= 11 is 6.20. The Morgan fingerprint density at radius 3 is 2.83 bits per heavy atom. The van der Waals surface area contributed by atoms with Crippen molar-refractivity contribution in [2.24, 2.45) is 0 Å². The van der Waals surface area contributed by atoms with Crippen LogP contribution in [-0.4, -0.2) is 53.5 Å². The zero-order chi connectivity index (χ0) is 19.8. The van der Waals surface area contributed by atoms with Crippen molar-refractivity contribution >= 4 is 28.4 Å². The molecule has 0 atom stereocenters. The zero-order valence-corrected chi connectivity index (χ0v) is 17.0. The Balaban J connectivity index is 1.35. The number of hydrogen-bond donors (Lipinski definition) is 1. The molecule has 1 saturated heterocycles. The fourth-order valence-electron chi connectivity index (χ4n) is 4.36. The maximum Gasteiger partial charge on any atom is 0.254 e. The van der Waals surface area contributed by atoms with Crippen molar-refractivity contribution in [3.63, 3.8) is 0 Å². The van der Waals surface area contributed by atoms with Crippen molar-refractivity contribution < 1.29 is 9.53 Å². The lowest BCUT2D eigenvalue weighted by Crippen LogP contribution is -2.36. The molecular formula is C23H24ClN3O2. The van der Waals surface area contributed by atoms with Crippen LogP contribution in [0, 0.1) is 0 Å². The number of morpholine rings is 1. The largest absolute Gasteiger partial charge is 0.379 e. The highest BCUT2D eigenvalue weighted by Gasteiger charge is 2.25. The molecule has 0 unspecified atom stereocenters. The van der Waals surface area contributed by atoms with E-state index in [-0.39, 0.29) is 5.91 Å². The molecular weight excluding hydrogens is 386 g/mol. The Morgan fingerprint density at radius 1 is 1.10 bits per heavy atom. The maximum absolute atomic E-state index is 13.2. The van der Waals surface area contributed by atoms with Gasteiger partial charge in [0.1, 0.15) is 0 Å². The van der Waals surface area contributed by atoms with Gasteiger partial charge in [0.2, 0.25) is 0 Å². The van der Waals surface area contributed by atoms with Crippen LogP contribution in [0.15, 0.2) is 42.5 Å². The number of carbonyl (C=O) groups excluding carboxylic acids is 1. The third-order valence-electron chi connectivity index (χ3n) is 5.91. The molecule has 2 aliphatic heterocycles. The zero-order valence-electron chi connectivity index (χ0n) is 16.3. The van der Waals surface area contributed by atoms with Gasteiger partial charge in [-0.05, 0) is 35.9 Å². The summed E-state index contributed by atoms with van der Waals surface area (Å²) in [6, 6.07) is 14.0. The van der Waals surface area contributed by atoms with E-state index < -0.39 is 0 Å². The number of nitrogens with zero attached hydrogens (tertiary/aromatic N) is 2. The van der Waals surface area contributed by atoms with Crippen molar-refractivity contribution in [3.05, 3.63) is 69.9 Å². The van der Waals surface area contributed by atoms with Gasteiger partial charge in [-0.1, -0.05) is 23.7 Å². The fraction of sp³-hybridized carbons (Fsp3) is 0.348. The second-order valence-electron chi connectivity index (χ2n) is 7.84. The standard InChI is InChI=1S/C23H24ClN3O2/c24-18-4-5-21-19(13-18)20-15-27(7-6-22(20)25-21)23(28)17-3-1-2-16(12-17)14-26-8-10-29-11-9-26/h1-5,12-13,25H,6-11,14-15H2. The summed E-state index contributed by atoms with van der Waals surface area (Å²) in [7, 11) is 0. The Morgan fingerprint density at radius 2 is 1.97 bits per heavy atom. The van der Waals surface area contributed by atoms with Gasteiger partial charge >= 0.3 is 0 Å². The minimum absolute atomic E-state index is 0.0934. The van der Waals surface area contributed by atoms with Gasteiger partial charge in [-0.25, -0.2) is 0 Å². The summed E-state index contributed by atoms with van der Waals surface area (Å²) in [6.07, 6.45) is 0.834. The average Bonchev–Trinajstić information content (AvgIpc) is 3.11. The predicted molar refractivity (Wildman–Crippen MR) is 114 cm³/mol. The molecule has 150 valence electrons. The Labute approximate surface area is 175 Å². The topological polar surface area (TPSA) is 48.6 Å². The third kappa shape index (κ3) is 3.78. The lowest BCUT2D eigenvalue weighted by Gasteiger charge is -2.28. The molecule has 3 heterocycles. The van der Waals surface area contributed by atoms with E-state index in [1.165, 1.54) is 16.8 Å². The van der Waals surface area contributed by atoms with Crippen LogP contribution in [0.4, 0.5) is 0 Å². The number of amides is 1. The number of aromatic nitrogens is 1. The number of carbonyl (C=O) groups is 1. The van der Waals surface area contributed by atoms with Gasteiger partial charge in [-0.3, -0.25) is 9.69 Å². The van der Waals surface area contributed by atoms with E-state index in [9.17, 15) is 4.79 Å². The molecule has 0 saturated carbocycles. The maximum atomic E-state index is 13.2. The van der Waals surface area contributed by atoms with E-state index in [0.717, 1.165) is 67.3 Å². The predicted octanol–water partition coefficient (Wildman–Crippen LogP) is 3.85. The Hall–Kier alpha value is -2.34. The van der Waals surface area contributed by atoms with E-state index in [0.29, 0.717) is 6.54 Å². The fourth-order valence-corrected chi connectivity index (χ4v) is 4.53. The molecule has 1 amide bonds. The minimum Gasteiger partial charge on any atom is -0.379 e. The summed E-state index contributed by atoms with van der Waals surface area (Å²) in [4.78, 5) is 21.0. The molecule has 1 fully saturated rings. The quantitative estimate of drug-likeness (QED) is 0.714. The van der Waals surface area contributed by atoms with Crippen molar-refractivity contribution in [3.8, 4) is 0 Å². The second kappa shape index (κ2) is 7.82. The highest BCUT2D eigenvalue weighted by Crippen LogP contribution is 2.30. The van der Waals surface area contributed by atoms with Crippen molar-refractivity contribution in [2.75, 3.05) is 32.8 Å². The molecule has 0 bridgehead atoms. The highest BCUT2D eigenvalue weighted by atomic mass is 35.5. The minimum atomic E-state index is 0.0934. The SMILES string of the molecule is O=C(c1cccc(CN2CCOCC2)c1)N1CCc2[nH]c3ccc(Cl)cc3c2C1. The van der Waals surface area contributed by atoms with E-state index in [1.54, 1.807) is 0 Å². The van der Waals surface area contributed by atoms with Gasteiger partial charge in [0.25, 0.3) is 5.91 Å². The molecule has 3 aromatic rings. The highest BCUT2D eigenvalue weighted by molar-refractivity contribution is 6.31. The summed E-state index contributed by atoms with van der Waals surface area (Å²) in [5, 5.41) is 1.84. The molecule has 5 rings (SSSR count). The molecule has 1 N–H and O–H groups in total. The van der Waals surface area contributed by atoms with Gasteiger partial charge in [0.15, 0.2) is 0 Å². The van der Waals surface area contributed by atoms with E-state index in [2.05, 4.69) is 16.0 Å². The van der Waals surface area contributed by atoms with Crippen LogP contribution in [0.25, 0.3) is 10.9 Å². The van der Waals surface area contributed by atoms with Gasteiger partial charge in [-0.2, -0.15) is 0 Å². The van der Waals surface area contributed by atoms with Crippen LogP contribution >= 0.6 is 11.6 Å². The molecule has 0 aliphatic carbocycles. The monoisotopic (exact) mass is 409 g/mol. The molecule has 29 heavy (non-hydrogen) atoms. The van der Waals surface area contributed by atoms with Gasteiger partial charge in [0, 0.05) is 71.9 Å². The lowest BCUT2D eigenvalue weighted by atomic mass is 10.0. The summed E-state index contributed by atoms with van der Waals surface area (Å²) in [5.74, 6) is 0.0934. The number of ether oxygens (including phenoxy) is 1. The van der Waals surface area contributed by atoms with E-state index in [1.807, 2.05) is 41.3 Å². The van der Waals surface area contributed by atoms with Crippen LogP contribution in [-0.2, 0) is 24.2 Å². The van der Waals surface area contributed by atoms with Gasteiger partial charge < -0.3 is 14.6 Å². The number of H-pyrrole nitrogens is 1. The summed E-state index contributed by atoms with van der Waals surface area (Å²) in [6.45, 7) is 5.64. The van der Waals surface area contributed by atoms with Crippen molar-refractivity contribution in [1.29, 1.82) is 0 Å². The molecule has 0 spiro atoms. The molecule has 5 nitrogen and oxygen atoms in total. The first-order valence-corrected chi connectivity index (χ1v) is 10.5. The first-order chi connectivity index (χ1) is 14.2. The Kier molecular flexibility index (Phi) is 5.04. The van der Waals surface area contributed by atoms with Crippen molar-refractivity contribution in [2.45, 2.75) is 19.5 Å². The number of aromatic amines is 1. The first-order valence-electron chi connectivity index (χ1n) is 10.1. The van der Waals surface area contributed by atoms with Crippen LogP contribution in [0.5, 0.6) is 0 Å². The Bertz CT molecular complexity index is 1060. The van der Waals surface area contributed by atoms with Crippen LogP contribution in [0.3, 0.4) is 0 Å². The third-order valence-corrected chi connectivity index (χ3v) is 6.14.